The Balaban J connectivity index is 0.00000242. The second-order valence-electron chi connectivity index (χ2n) is 5.32. The van der Waals surface area contributed by atoms with Crippen LogP contribution in [0.5, 0.6) is 5.75 Å². The van der Waals surface area contributed by atoms with E-state index in [2.05, 4.69) is 5.32 Å². The van der Waals surface area contributed by atoms with Crippen LogP contribution in [0.1, 0.15) is 25.3 Å². The lowest BCUT2D eigenvalue weighted by Crippen LogP contribution is -2.57. The van der Waals surface area contributed by atoms with Gasteiger partial charge in [0.15, 0.2) is 0 Å². The van der Waals surface area contributed by atoms with Crippen molar-refractivity contribution in [1.29, 1.82) is 0 Å². The molecule has 1 aliphatic rings. The monoisotopic (exact) mass is 328 g/mol. The van der Waals surface area contributed by atoms with Crippen molar-refractivity contribution in [1.82, 2.24) is 5.32 Å². The van der Waals surface area contributed by atoms with Crippen LogP contribution in [0, 0.1) is 0 Å². The fourth-order valence-corrected chi connectivity index (χ4v) is 2.46. The van der Waals surface area contributed by atoms with E-state index in [1.165, 1.54) is 0 Å². The van der Waals surface area contributed by atoms with Crippen LogP contribution < -0.4 is 15.8 Å². The molecule has 22 heavy (non-hydrogen) atoms. The third-order valence-corrected chi connectivity index (χ3v) is 3.79. The molecular formula is C16H25ClN2O3. The molecule has 2 rings (SSSR count). The maximum atomic E-state index is 12.2. The van der Waals surface area contributed by atoms with E-state index >= 15 is 0 Å². The highest BCUT2D eigenvalue weighted by Crippen LogP contribution is 2.19. The van der Waals surface area contributed by atoms with Crippen LogP contribution in [0.3, 0.4) is 0 Å². The fourth-order valence-electron chi connectivity index (χ4n) is 2.46. The number of carbonyl (C=O) groups excluding carboxylic acids is 1. The predicted octanol–water partition coefficient (Wildman–Crippen LogP) is 1.67. The minimum Gasteiger partial charge on any atom is -0.494 e. The van der Waals surface area contributed by atoms with E-state index in [0.29, 0.717) is 39.2 Å². The first-order valence-corrected chi connectivity index (χ1v) is 7.51. The van der Waals surface area contributed by atoms with Gasteiger partial charge in [-0.15, -0.1) is 12.4 Å². The van der Waals surface area contributed by atoms with E-state index in [9.17, 15) is 4.79 Å². The van der Waals surface area contributed by atoms with Crippen molar-refractivity contribution in [2.45, 2.75) is 31.7 Å². The smallest absolute Gasteiger partial charge is 0.240 e. The second-order valence-corrected chi connectivity index (χ2v) is 5.32. The van der Waals surface area contributed by atoms with E-state index in [1.807, 2.05) is 31.2 Å². The van der Waals surface area contributed by atoms with Gasteiger partial charge in [-0.3, -0.25) is 4.79 Å². The Morgan fingerprint density at radius 2 is 2.05 bits per heavy atom. The summed E-state index contributed by atoms with van der Waals surface area (Å²) < 4.78 is 10.8. The summed E-state index contributed by atoms with van der Waals surface area (Å²) in [5.41, 5.74) is 6.46. The maximum Gasteiger partial charge on any atom is 0.240 e. The summed E-state index contributed by atoms with van der Waals surface area (Å²) in [4.78, 5) is 12.2. The fraction of sp³-hybridized carbons (Fsp3) is 0.562. The molecule has 0 radical (unpaired) electrons. The normalized spacial score (nSPS) is 16.5. The molecule has 6 heteroatoms. The van der Waals surface area contributed by atoms with Crippen molar-refractivity contribution in [3.05, 3.63) is 29.8 Å². The van der Waals surface area contributed by atoms with Gasteiger partial charge in [0.2, 0.25) is 5.91 Å². The summed E-state index contributed by atoms with van der Waals surface area (Å²) >= 11 is 0. The summed E-state index contributed by atoms with van der Waals surface area (Å²) in [6.07, 6.45) is 1.89. The molecule has 1 aromatic carbocycles. The van der Waals surface area contributed by atoms with E-state index in [1.54, 1.807) is 0 Å². The number of para-hydroxylation sites is 1. The Morgan fingerprint density at radius 3 is 2.73 bits per heavy atom. The molecule has 1 aliphatic heterocycles. The van der Waals surface area contributed by atoms with E-state index in [-0.39, 0.29) is 18.3 Å². The summed E-state index contributed by atoms with van der Waals surface area (Å²) in [5, 5.41) is 2.94. The number of nitrogens with one attached hydrogen (secondary N) is 1. The van der Waals surface area contributed by atoms with Gasteiger partial charge in [0.05, 0.1) is 12.1 Å². The van der Waals surface area contributed by atoms with Crippen LogP contribution in [0.25, 0.3) is 0 Å². The Kier molecular flexibility index (Phi) is 7.65. The first kappa shape index (κ1) is 18.7. The molecule has 5 nitrogen and oxygen atoms in total. The molecule has 0 spiro atoms. The summed E-state index contributed by atoms with van der Waals surface area (Å²) in [7, 11) is 0. The average Bonchev–Trinajstić information content (AvgIpc) is 2.50. The third-order valence-electron chi connectivity index (χ3n) is 3.79. The standard InChI is InChI=1S/C16H24N2O3.ClH/c1-2-21-14-6-4-3-5-13(14)7-10-18-15(19)16(17)8-11-20-12-9-16;/h3-6H,2,7-12,17H2,1H3,(H,18,19);1H. The zero-order valence-corrected chi connectivity index (χ0v) is 13.8. The van der Waals surface area contributed by atoms with Crippen LogP contribution in [0.4, 0.5) is 0 Å². The topological polar surface area (TPSA) is 73.6 Å². The van der Waals surface area contributed by atoms with Gasteiger partial charge in [-0.2, -0.15) is 0 Å². The third kappa shape index (κ3) is 4.87. The minimum atomic E-state index is -0.780. The van der Waals surface area contributed by atoms with Crippen molar-refractivity contribution in [2.75, 3.05) is 26.4 Å². The molecule has 0 bridgehead atoms. The van der Waals surface area contributed by atoms with E-state index < -0.39 is 5.54 Å². The lowest BCUT2D eigenvalue weighted by Gasteiger charge is -2.31. The van der Waals surface area contributed by atoms with Gasteiger partial charge in [0, 0.05) is 19.8 Å². The van der Waals surface area contributed by atoms with Gasteiger partial charge in [-0.1, -0.05) is 18.2 Å². The van der Waals surface area contributed by atoms with Crippen molar-refractivity contribution < 1.29 is 14.3 Å². The quantitative estimate of drug-likeness (QED) is 0.833. The van der Waals surface area contributed by atoms with Gasteiger partial charge in [0.1, 0.15) is 5.75 Å². The van der Waals surface area contributed by atoms with Crippen LogP contribution >= 0.6 is 12.4 Å². The van der Waals surface area contributed by atoms with Crippen molar-refractivity contribution in [3.63, 3.8) is 0 Å². The number of amides is 1. The lowest BCUT2D eigenvalue weighted by atomic mass is 9.90. The van der Waals surface area contributed by atoms with Crippen LogP contribution in [0.15, 0.2) is 24.3 Å². The van der Waals surface area contributed by atoms with Gasteiger partial charge in [-0.05, 0) is 37.8 Å². The SMILES string of the molecule is CCOc1ccccc1CCNC(=O)C1(N)CCOCC1.Cl. The summed E-state index contributed by atoms with van der Waals surface area (Å²) in [6.45, 7) is 4.26. The van der Waals surface area contributed by atoms with Gasteiger partial charge in [0.25, 0.3) is 0 Å². The second kappa shape index (κ2) is 8.98. The van der Waals surface area contributed by atoms with Crippen molar-refractivity contribution in [2.24, 2.45) is 5.73 Å². The number of carbonyl (C=O) groups is 1. The van der Waals surface area contributed by atoms with Crippen molar-refractivity contribution in [3.8, 4) is 5.75 Å². The molecule has 0 aromatic heterocycles. The number of rotatable bonds is 6. The Bertz CT molecular complexity index is 476. The van der Waals surface area contributed by atoms with E-state index in [4.69, 9.17) is 15.2 Å². The zero-order valence-electron chi connectivity index (χ0n) is 13.0. The van der Waals surface area contributed by atoms with Gasteiger partial charge >= 0.3 is 0 Å². The molecule has 0 aliphatic carbocycles. The van der Waals surface area contributed by atoms with Gasteiger partial charge < -0.3 is 20.5 Å². The predicted molar refractivity (Wildman–Crippen MR) is 88.5 cm³/mol. The lowest BCUT2D eigenvalue weighted by molar-refractivity contribution is -0.129. The number of hydrogen-bond acceptors (Lipinski definition) is 4. The highest BCUT2D eigenvalue weighted by atomic mass is 35.5. The number of benzene rings is 1. The molecule has 0 unspecified atom stereocenters. The molecule has 0 atom stereocenters. The van der Waals surface area contributed by atoms with Crippen LogP contribution in [-0.4, -0.2) is 37.8 Å². The summed E-state index contributed by atoms with van der Waals surface area (Å²) in [5.74, 6) is 0.794. The molecule has 124 valence electrons. The first-order valence-electron chi connectivity index (χ1n) is 7.51. The molecule has 1 heterocycles. The molecule has 3 N–H and O–H groups in total. The highest BCUT2D eigenvalue weighted by Gasteiger charge is 2.35. The molecule has 1 amide bonds. The molecule has 1 fully saturated rings. The number of nitrogens with two attached hydrogens (primary N) is 1. The average molecular weight is 329 g/mol. The minimum absolute atomic E-state index is 0. The van der Waals surface area contributed by atoms with Crippen molar-refractivity contribution >= 4 is 18.3 Å². The Morgan fingerprint density at radius 1 is 1.36 bits per heavy atom. The number of hydrogen-bond donors (Lipinski definition) is 2. The number of ether oxygens (including phenoxy) is 2. The largest absolute Gasteiger partial charge is 0.494 e. The Hall–Kier alpha value is -1.30. The van der Waals surface area contributed by atoms with Crippen LogP contribution in [-0.2, 0) is 16.0 Å². The zero-order chi connectivity index (χ0) is 15.1. The molecule has 0 saturated carbocycles. The highest BCUT2D eigenvalue weighted by molar-refractivity contribution is 5.86. The first-order chi connectivity index (χ1) is 10.2. The van der Waals surface area contributed by atoms with Gasteiger partial charge in [-0.25, -0.2) is 0 Å². The maximum absolute atomic E-state index is 12.2. The molecular weight excluding hydrogens is 304 g/mol. The molecule has 1 saturated heterocycles. The Labute approximate surface area is 138 Å². The number of halogens is 1. The summed E-state index contributed by atoms with van der Waals surface area (Å²) in [6, 6.07) is 7.89. The van der Waals surface area contributed by atoms with Crippen LogP contribution in [0.2, 0.25) is 0 Å². The molecule has 1 aromatic rings. The van der Waals surface area contributed by atoms with E-state index in [0.717, 1.165) is 17.7 Å².